The molecular weight excluding hydrogens is 384 g/mol. The molecule has 0 saturated heterocycles. The van der Waals surface area contributed by atoms with Crippen molar-refractivity contribution in [3.05, 3.63) is 34.9 Å². The molecule has 30 heavy (non-hydrogen) atoms. The molecule has 0 spiro atoms. The lowest BCUT2D eigenvalue weighted by Crippen LogP contribution is -2.42. The normalized spacial score (nSPS) is 14.7. The Balaban J connectivity index is 4.45. The fourth-order valence-corrected chi connectivity index (χ4v) is 4.22. The van der Waals surface area contributed by atoms with E-state index in [1.165, 1.54) is 23.1 Å². The number of aliphatic hydroxyl groups is 1. The largest absolute Gasteiger partial charge is 0.417 e. The first-order valence-corrected chi connectivity index (χ1v) is 15.0. The van der Waals surface area contributed by atoms with Crippen LogP contribution in [0, 0.1) is 5.92 Å². The fourth-order valence-electron chi connectivity index (χ4n) is 3.14. The maximum absolute atomic E-state index is 9.26. The van der Waals surface area contributed by atoms with Gasteiger partial charge in [0.2, 0.25) is 0 Å². The van der Waals surface area contributed by atoms with Crippen LogP contribution in [0.4, 0.5) is 0 Å². The highest BCUT2D eigenvalue weighted by Crippen LogP contribution is 2.37. The lowest BCUT2D eigenvalue weighted by atomic mass is 9.97. The Labute approximate surface area is 190 Å². The molecule has 2 nitrogen and oxygen atoms in total. The van der Waals surface area contributed by atoms with Gasteiger partial charge in [0.15, 0.2) is 8.32 Å². The van der Waals surface area contributed by atoms with Crippen LogP contribution in [0.1, 0.15) is 99.8 Å². The maximum atomic E-state index is 9.26. The third-order valence-electron chi connectivity index (χ3n) is 6.45. The van der Waals surface area contributed by atoms with Gasteiger partial charge in [-0.2, -0.15) is 0 Å². The van der Waals surface area contributed by atoms with E-state index in [1.807, 2.05) is 0 Å². The van der Waals surface area contributed by atoms with E-state index in [9.17, 15) is 5.11 Å². The van der Waals surface area contributed by atoms with E-state index < -0.39 is 8.32 Å². The smallest absolute Gasteiger partial charge is 0.191 e. The van der Waals surface area contributed by atoms with Gasteiger partial charge in [0.05, 0.1) is 0 Å². The van der Waals surface area contributed by atoms with Gasteiger partial charge in [0.25, 0.3) is 0 Å². The first-order valence-electron chi connectivity index (χ1n) is 12.1. The van der Waals surface area contributed by atoms with Gasteiger partial charge in [-0.1, -0.05) is 55.7 Å². The molecule has 0 aromatic carbocycles. The number of rotatable bonds is 15. The van der Waals surface area contributed by atoms with Crippen LogP contribution in [0.25, 0.3) is 0 Å². The minimum atomic E-state index is -1.70. The molecule has 0 aromatic heterocycles. The van der Waals surface area contributed by atoms with Crippen molar-refractivity contribution < 1.29 is 9.53 Å². The molecule has 1 N–H and O–H groups in total. The van der Waals surface area contributed by atoms with Crippen LogP contribution >= 0.6 is 0 Å². The van der Waals surface area contributed by atoms with Crippen LogP contribution in [-0.4, -0.2) is 26.6 Å². The van der Waals surface area contributed by atoms with E-state index in [0.717, 1.165) is 51.6 Å². The van der Waals surface area contributed by atoms with Crippen LogP contribution in [0.2, 0.25) is 18.1 Å². The lowest BCUT2D eigenvalue weighted by molar-refractivity contribution is 0.197. The van der Waals surface area contributed by atoms with Crippen LogP contribution < -0.4 is 0 Å². The Kier molecular flexibility index (Phi) is 14.9. The monoisotopic (exact) mass is 436 g/mol. The van der Waals surface area contributed by atoms with Gasteiger partial charge in [-0.25, -0.2) is 0 Å². The van der Waals surface area contributed by atoms with Crippen molar-refractivity contribution in [1.82, 2.24) is 0 Å². The van der Waals surface area contributed by atoms with E-state index in [1.54, 1.807) is 0 Å². The van der Waals surface area contributed by atoms with Gasteiger partial charge in [-0.3, -0.25) is 0 Å². The second-order valence-electron chi connectivity index (χ2n) is 10.8. The zero-order valence-corrected chi connectivity index (χ0v) is 22.7. The quantitative estimate of drug-likeness (QED) is 0.206. The zero-order chi connectivity index (χ0) is 23.2. The van der Waals surface area contributed by atoms with Crippen LogP contribution in [0.15, 0.2) is 34.9 Å². The lowest BCUT2D eigenvalue weighted by Gasteiger charge is -2.37. The molecule has 0 aliphatic carbocycles. The summed E-state index contributed by atoms with van der Waals surface area (Å²) < 4.78 is 6.47. The minimum Gasteiger partial charge on any atom is -0.417 e. The van der Waals surface area contributed by atoms with E-state index in [4.69, 9.17) is 4.43 Å². The molecule has 0 heterocycles. The number of allylic oxidation sites excluding steroid dienone is 6. The third kappa shape index (κ3) is 14.4. The Morgan fingerprint density at radius 1 is 0.867 bits per heavy atom. The summed E-state index contributed by atoms with van der Waals surface area (Å²) in [6, 6.07) is 0. The highest BCUT2D eigenvalue weighted by Gasteiger charge is 2.37. The molecule has 0 aromatic rings. The maximum Gasteiger partial charge on any atom is 0.191 e. The zero-order valence-electron chi connectivity index (χ0n) is 21.7. The Morgan fingerprint density at radius 2 is 1.40 bits per heavy atom. The van der Waals surface area contributed by atoms with Crippen molar-refractivity contribution in [3.8, 4) is 0 Å². The Morgan fingerprint density at radius 3 is 1.90 bits per heavy atom. The predicted molar refractivity (Wildman–Crippen MR) is 138 cm³/mol. The third-order valence-corrected chi connectivity index (χ3v) is 10.9. The summed E-state index contributed by atoms with van der Waals surface area (Å²) in [6.45, 7) is 21.5. The van der Waals surface area contributed by atoms with Gasteiger partial charge >= 0.3 is 0 Å². The number of hydrogen-bond donors (Lipinski definition) is 1. The predicted octanol–water partition coefficient (Wildman–Crippen LogP) is 8.60. The number of aliphatic hydroxyl groups excluding tert-OH is 1. The van der Waals surface area contributed by atoms with Crippen LogP contribution in [0.5, 0.6) is 0 Å². The van der Waals surface area contributed by atoms with Crippen LogP contribution in [-0.2, 0) is 4.43 Å². The molecule has 0 aliphatic rings. The van der Waals surface area contributed by atoms with E-state index in [0.29, 0.717) is 5.92 Å². The van der Waals surface area contributed by atoms with Crippen molar-refractivity contribution in [3.63, 3.8) is 0 Å². The molecule has 0 unspecified atom stereocenters. The van der Waals surface area contributed by atoms with Crippen LogP contribution in [0.3, 0.4) is 0 Å². The molecule has 1 atom stereocenters. The van der Waals surface area contributed by atoms with Crippen molar-refractivity contribution in [2.24, 2.45) is 5.92 Å². The highest BCUT2D eigenvalue weighted by atomic mass is 28.4. The summed E-state index contributed by atoms with van der Waals surface area (Å²) in [7, 11) is -1.70. The summed E-state index contributed by atoms with van der Waals surface area (Å²) in [4.78, 5) is 0. The number of hydrogen-bond acceptors (Lipinski definition) is 2. The summed E-state index contributed by atoms with van der Waals surface area (Å²) in [5, 5.41) is 9.51. The van der Waals surface area contributed by atoms with Gasteiger partial charge in [0, 0.05) is 13.2 Å². The second kappa shape index (κ2) is 15.2. The van der Waals surface area contributed by atoms with Gasteiger partial charge < -0.3 is 9.53 Å². The SMILES string of the molecule is CC(C)=CCC/C(C)=C/CC/C(C)=C/CC[C@H](CCCO)CO[Si](C)(C)C(C)(C)C. The molecule has 0 saturated carbocycles. The molecule has 0 bridgehead atoms. The molecule has 0 rings (SSSR count). The second-order valence-corrected chi connectivity index (χ2v) is 15.6. The first kappa shape index (κ1) is 29.4. The molecule has 0 radical (unpaired) electrons. The van der Waals surface area contributed by atoms with E-state index in [2.05, 4.69) is 79.8 Å². The molecule has 0 amide bonds. The Bertz CT molecular complexity index is 546. The van der Waals surface area contributed by atoms with Gasteiger partial charge in [0.1, 0.15) is 0 Å². The summed E-state index contributed by atoms with van der Waals surface area (Å²) >= 11 is 0. The van der Waals surface area contributed by atoms with Gasteiger partial charge in [-0.15, -0.1) is 0 Å². The van der Waals surface area contributed by atoms with Crippen molar-refractivity contribution in [2.45, 2.75) is 118 Å². The summed E-state index contributed by atoms with van der Waals surface area (Å²) in [5.41, 5.74) is 4.41. The molecular formula is C27H52O2Si. The Hall–Kier alpha value is -0.643. The average Bonchev–Trinajstić information content (AvgIpc) is 2.62. The van der Waals surface area contributed by atoms with E-state index in [-0.39, 0.29) is 11.6 Å². The van der Waals surface area contributed by atoms with Crippen molar-refractivity contribution in [2.75, 3.05) is 13.2 Å². The molecule has 176 valence electrons. The van der Waals surface area contributed by atoms with E-state index >= 15 is 0 Å². The molecule has 0 aliphatic heterocycles. The summed E-state index contributed by atoms with van der Waals surface area (Å²) in [5.74, 6) is 0.549. The highest BCUT2D eigenvalue weighted by molar-refractivity contribution is 6.74. The van der Waals surface area contributed by atoms with Crippen molar-refractivity contribution >= 4 is 8.32 Å². The molecule has 0 fully saturated rings. The first-order chi connectivity index (χ1) is 13.9. The molecule has 3 heteroatoms. The fraction of sp³-hybridized carbons (Fsp3) is 0.778. The van der Waals surface area contributed by atoms with Crippen molar-refractivity contribution in [1.29, 1.82) is 0 Å². The topological polar surface area (TPSA) is 29.5 Å². The average molecular weight is 437 g/mol. The summed E-state index contributed by atoms with van der Waals surface area (Å²) in [6.07, 6.45) is 16.0. The minimum absolute atomic E-state index is 0.252. The van der Waals surface area contributed by atoms with Gasteiger partial charge in [-0.05, 0) is 103 Å². The standard InChI is InChI=1S/C27H52O2Si/c1-23(2)14-10-15-24(3)16-11-17-25(4)18-12-19-26(20-13-21-28)22-29-30(8,9)27(5,6)7/h14,16,18,26,28H,10-13,15,17,19-22H2,1-9H3/b24-16+,25-18+/t26-/m1/s1.